The summed E-state index contributed by atoms with van der Waals surface area (Å²) in [4.78, 5) is 14.3. The quantitative estimate of drug-likeness (QED) is 0.807. The van der Waals surface area contributed by atoms with Crippen molar-refractivity contribution in [3.63, 3.8) is 0 Å². The molecule has 0 aromatic heterocycles. The number of rotatable bonds is 3. The van der Waals surface area contributed by atoms with E-state index < -0.39 is 0 Å². The Hall–Kier alpha value is -0.570. The van der Waals surface area contributed by atoms with Crippen LogP contribution in [0.1, 0.15) is 72.1 Å². The zero-order chi connectivity index (χ0) is 15.3. The molecule has 122 valence electrons. The van der Waals surface area contributed by atoms with Crippen LogP contribution >= 0.6 is 0 Å². The molecular formula is C18H34N2O. The lowest BCUT2D eigenvalue weighted by atomic mass is 9.92. The predicted molar refractivity (Wildman–Crippen MR) is 88.3 cm³/mol. The summed E-state index contributed by atoms with van der Waals surface area (Å²) in [6, 6.07) is 0.622. The Labute approximate surface area is 130 Å². The van der Waals surface area contributed by atoms with Crippen LogP contribution in [-0.2, 0) is 4.79 Å². The van der Waals surface area contributed by atoms with Crippen molar-refractivity contribution in [2.24, 2.45) is 11.3 Å². The van der Waals surface area contributed by atoms with Crippen molar-refractivity contribution in [2.75, 3.05) is 19.6 Å². The normalized spacial score (nSPS) is 23.1. The van der Waals surface area contributed by atoms with E-state index in [4.69, 9.17) is 0 Å². The zero-order valence-electron chi connectivity index (χ0n) is 14.3. The Balaban J connectivity index is 1.68. The summed E-state index contributed by atoms with van der Waals surface area (Å²) >= 11 is 0. The number of nitrogens with zero attached hydrogens (tertiary/aromatic N) is 1. The second-order valence-electron chi connectivity index (χ2n) is 8.08. The number of nitrogens with one attached hydrogen (secondary N) is 1. The third-order valence-corrected chi connectivity index (χ3v) is 5.09. The maximum absolute atomic E-state index is 12.3. The van der Waals surface area contributed by atoms with Crippen LogP contribution in [0.2, 0.25) is 0 Å². The fourth-order valence-electron chi connectivity index (χ4n) is 3.66. The van der Waals surface area contributed by atoms with E-state index in [0.29, 0.717) is 11.9 Å². The number of carbonyl (C=O) groups excluding carboxylic acids is 1. The highest BCUT2D eigenvalue weighted by Crippen LogP contribution is 2.24. The van der Waals surface area contributed by atoms with Gasteiger partial charge in [0.15, 0.2) is 0 Å². The summed E-state index contributed by atoms with van der Waals surface area (Å²) in [7, 11) is 0. The minimum absolute atomic E-state index is 0.236. The summed E-state index contributed by atoms with van der Waals surface area (Å²) in [5.41, 5.74) is -0.236. The van der Waals surface area contributed by atoms with Gasteiger partial charge in [-0.05, 0) is 38.1 Å². The molecule has 2 aliphatic rings. The summed E-state index contributed by atoms with van der Waals surface area (Å²) in [5, 5.41) is 3.78. The molecule has 1 N–H and O–H groups in total. The molecular weight excluding hydrogens is 260 g/mol. The van der Waals surface area contributed by atoms with Gasteiger partial charge < -0.3 is 10.2 Å². The number of carbonyl (C=O) groups is 1. The summed E-state index contributed by atoms with van der Waals surface area (Å²) in [5.74, 6) is 1.20. The third-order valence-electron chi connectivity index (χ3n) is 5.09. The van der Waals surface area contributed by atoms with E-state index in [1.165, 1.54) is 45.1 Å². The average Bonchev–Trinajstić information content (AvgIpc) is 2.72. The molecule has 1 saturated carbocycles. The number of amides is 1. The van der Waals surface area contributed by atoms with Crippen molar-refractivity contribution in [1.82, 2.24) is 10.2 Å². The van der Waals surface area contributed by atoms with Gasteiger partial charge in [0.05, 0.1) is 0 Å². The second-order valence-corrected chi connectivity index (χ2v) is 8.08. The van der Waals surface area contributed by atoms with E-state index >= 15 is 0 Å². The summed E-state index contributed by atoms with van der Waals surface area (Å²) in [6.45, 7) is 9.11. The lowest BCUT2D eigenvalue weighted by molar-refractivity contribution is -0.140. The van der Waals surface area contributed by atoms with E-state index in [2.05, 4.69) is 10.2 Å². The Morgan fingerprint density at radius 2 is 1.57 bits per heavy atom. The molecule has 0 aromatic carbocycles. The molecule has 1 amide bonds. The molecule has 1 saturated heterocycles. The van der Waals surface area contributed by atoms with Crippen LogP contribution in [0.5, 0.6) is 0 Å². The first-order valence-corrected chi connectivity index (χ1v) is 8.99. The molecule has 3 nitrogen and oxygen atoms in total. The van der Waals surface area contributed by atoms with Gasteiger partial charge in [-0.15, -0.1) is 0 Å². The highest BCUT2D eigenvalue weighted by atomic mass is 16.2. The van der Waals surface area contributed by atoms with Crippen LogP contribution in [0, 0.1) is 11.3 Å². The van der Waals surface area contributed by atoms with Gasteiger partial charge in [0, 0.05) is 24.5 Å². The van der Waals surface area contributed by atoms with Gasteiger partial charge in [0.2, 0.25) is 5.91 Å². The van der Waals surface area contributed by atoms with E-state index in [1.54, 1.807) is 0 Å². The maximum Gasteiger partial charge on any atom is 0.227 e. The van der Waals surface area contributed by atoms with Gasteiger partial charge in [-0.1, -0.05) is 46.5 Å². The highest BCUT2D eigenvalue weighted by molar-refractivity contribution is 5.81. The summed E-state index contributed by atoms with van der Waals surface area (Å²) in [6.07, 6.45) is 10.8. The van der Waals surface area contributed by atoms with Gasteiger partial charge >= 0.3 is 0 Å². The molecule has 2 fully saturated rings. The largest absolute Gasteiger partial charge is 0.342 e. The SMILES string of the molecule is CC(C)(C)C(=O)N1CCC(NCC2CCCCCC2)CC1. The van der Waals surface area contributed by atoms with Crippen LogP contribution in [0.25, 0.3) is 0 Å². The third kappa shape index (κ3) is 5.28. The molecule has 0 atom stereocenters. The molecule has 1 aliphatic heterocycles. The van der Waals surface area contributed by atoms with Crippen molar-refractivity contribution >= 4 is 5.91 Å². The van der Waals surface area contributed by atoms with Gasteiger partial charge in [0.1, 0.15) is 0 Å². The fraction of sp³-hybridized carbons (Fsp3) is 0.944. The van der Waals surface area contributed by atoms with E-state index in [-0.39, 0.29) is 5.41 Å². The minimum Gasteiger partial charge on any atom is -0.342 e. The van der Waals surface area contributed by atoms with E-state index in [9.17, 15) is 4.79 Å². The van der Waals surface area contributed by atoms with E-state index in [1.807, 2.05) is 20.8 Å². The highest BCUT2D eigenvalue weighted by Gasteiger charge is 2.30. The van der Waals surface area contributed by atoms with Crippen LogP contribution in [0.4, 0.5) is 0 Å². The van der Waals surface area contributed by atoms with Crippen molar-refractivity contribution < 1.29 is 4.79 Å². The Morgan fingerprint density at radius 1 is 1.00 bits per heavy atom. The van der Waals surface area contributed by atoms with Crippen molar-refractivity contribution in [2.45, 2.75) is 78.2 Å². The summed E-state index contributed by atoms with van der Waals surface area (Å²) < 4.78 is 0. The molecule has 1 heterocycles. The maximum atomic E-state index is 12.3. The topological polar surface area (TPSA) is 32.3 Å². The molecule has 2 rings (SSSR count). The van der Waals surface area contributed by atoms with Crippen LogP contribution < -0.4 is 5.32 Å². The van der Waals surface area contributed by atoms with Crippen molar-refractivity contribution in [3.8, 4) is 0 Å². The Morgan fingerprint density at radius 3 is 2.10 bits per heavy atom. The van der Waals surface area contributed by atoms with Crippen LogP contribution in [0.3, 0.4) is 0 Å². The van der Waals surface area contributed by atoms with Gasteiger partial charge in [-0.2, -0.15) is 0 Å². The molecule has 0 radical (unpaired) electrons. The average molecular weight is 294 g/mol. The smallest absolute Gasteiger partial charge is 0.227 e. The first-order valence-electron chi connectivity index (χ1n) is 8.99. The van der Waals surface area contributed by atoms with Gasteiger partial charge in [-0.25, -0.2) is 0 Å². The van der Waals surface area contributed by atoms with Gasteiger partial charge in [0.25, 0.3) is 0 Å². The van der Waals surface area contributed by atoms with Crippen molar-refractivity contribution in [1.29, 1.82) is 0 Å². The molecule has 3 heteroatoms. The molecule has 0 bridgehead atoms. The predicted octanol–water partition coefficient (Wildman–Crippen LogP) is 3.58. The first-order chi connectivity index (χ1) is 9.97. The zero-order valence-corrected chi connectivity index (χ0v) is 14.3. The van der Waals surface area contributed by atoms with Crippen LogP contribution in [-0.4, -0.2) is 36.5 Å². The Bertz CT molecular complexity index is 319. The molecule has 1 aliphatic carbocycles. The van der Waals surface area contributed by atoms with Crippen LogP contribution in [0.15, 0.2) is 0 Å². The monoisotopic (exact) mass is 294 g/mol. The Kier molecular flexibility index (Phi) is 6.09. The number of piperidine rings is 1. The second kappa shape index (κ2) is 7.62. The van der Waals surface area contributed by atoms with Gasteiger partial charge in [-0.3, -0.25) is 4.79 Å². The molecule has 0 spiro atoms. The standard InChI is InChI=1S/C18H34N2O/c1-18(2,3)17(21)20-12-10-16(11-13-20)19-14-15-8-6-4-5-7-9-15/h15-16,19H,4-14H2,1-3H3. The fourth-order valence-corrected chi connectivity index (χ4v) is 3.66. The minimum atomic E-state index is -0.236. The van der Waals surface area contributed by atoms with Crippen molar-refractivity contribution in [3.05, 3.63) is 0 Å². The lowest BCUT2D eigenvalue weighted by Crippen LogP contribution is -2.48. The van der Waals surface area contributed by atoms with E-state index in [0.717, 1.165) is 31.8 Å². The first kappa shape index (κ1) is 16.8. The number of hydrogen-bond donors (Lipinski definition) is 1. The molecule has 21 heavy (non-hydrogen) atoms. The number of hydrogen-bond acceptors (Lipinski definition) is 2. The lowest BCUT2D eigenvalue weighted by Gasteiger charge is -2.36. The number of likely N-dealkylation sites (tertiary alicyclic amines) is 1. The molecule has 0 aromatic rings. The molecule has 0 unspecified atom stereocenters.